The molecule has 0 spiro atoms. The number of rotatable bonds is 4. The highest BCUT2D eigenvalue weighted by Gasteiger charge is 2.58. The molecule has 1 saturated heterocycles. The molecule has 2 heterocycles. The van der Waals surface area contributed by atoms with Gasteiger partial charge < -0.3 is 4.90 Å². The maximum atomic E-state index is 13.6. The molecule has 8 nitrogen and oxygen atoms in total. The molecule has 0 aliphatic carbocycles. The highest BCUT2D eigenvalue weighted by atomic mass is 35.5. The molecule has 3 amide bonds. The molecule has 34 heavy (non-hydrogen) atoms. The van der Waals surface area contributed by atoms with Gasteiger partial charge in [-0.15, -0.1) is 0 Å². The van der Waals surface area contributed by atoms with Gasteiger partial charge in [0.05, 0.1) is 16.5 Å². The molecule has 2 aliphatic rings. The summed E-state index contributed by atoms with van der Waals surface area (Å²) in [6.45, 7) is 1.73. The van der Waals surface area contributed by atoms with Crippen LogP contribution in [0.4, 0.5) is 15.8 Å². The number of anilines is 1. The van der Waals surface area contributed by atoms with E-state index in [1.807, 2.05) is 0 Å². The van der Waals surface area contributed by atoms with Gasteiger partial charge in [0.2, 0.25) is 0 Å². The van der Waals surface area contributed by atoms with Gasteiger partial charge in [-0.1, -0.05) is 35.9 Å². The molecule has 0 saturated carbocycles. The van der Waals surface area contributed by atoms with Crippen LogP contribution in [0.25, 0.3) is 0 Å². The van der Waals surface area contributed by atoms with Crippen molar-refractivity contribution in [1.29, 1.82) is 0 Å². The van der Waals surface area contributed by atoms with E-state index in [4.69, 9.17) is 11.6 Å². The molecule has 5 rings (SSSR count). The molecule has 3 aromatic carbocycles. The normalized spacial score (nSPS) is 19.3. The number of β-lactam (4-membered cyclic amide) rings is 1. The van der Waals surface area contributed by atoms with Crippen molar-refractivity contribution >= 4 is 40.7 Å². The molecule has 0 aromatic heterocycles. The molecular formula is C24H15ClFN3O5. The molecule has 170 valence electrons. The third-order valence-electron chi connectivity index (χ3n) is 6.18. The first-order valence-electron chi connectivity index (χ1n) is 10.2. The lowest BCUT2D eigenvalue weighted by molar-refractivity contribution is -0.385. The third kappa shape index (κ3) is 3.01. The minimum atomic E-state index is -1.27. The van der Waals surface area contributed by atoms with Crippen LogP contribution < -0.4 is 4.90 Å². The van der Waals surface area contributed by atoms with Gasteiger partial charge in [0, 0.05) is 16.8 Å². The molecule has 3 aromatic rings. The van der Waals surface area contributed by atoms with Crippen LogP contribution in [0.15, 0.2) is 60.7 Å². The van der Waals surface area contributed by atoms with E-state index in [0.717, 1.165) is 11.0 Å². The number of nitrogens with zero attached hydrogens (tertiary/aromatic N) is 3. The Morgan fingerprint density at radius 2 is 1.59 bits per heavy atom. The Kier molecular flexibility index (Phi) is 4.94. The predicted molar refractivity (Wildman–Crippen MR) is 120 cm³/mol. The summed E-state index contributed by atoms with van der Waals surface area (Å²) in [5, 5.41) is 11.9. The summed E-state index contributed by atoms with van der Waals surface area (Å²) in [6, 6.07) is 12.0. The van der Waals surface area contributed by atoms with Crippen molar-refractivity contribution in [1.82, 2.24) is 4.90 Å². The molecule has 0 bridgehead atoms. The minimum Gasteiger partial charge on any atom is -0.300 e. The van der Waals surface area contributed by atoms with Gasteiger partial charge in [-0.3, -0.25) is 29.4 Å². The summed E-state index contributed by atoms with van der Waals surface area (Å²) in [7, 11) is 0. The van der Waals surface area contributed by atoms with Crippen LogP contribution in [0.5, 0.6) is 0 Å². The van der Waals surface area contributed by atoms with Crippen molar-refractivity contribution in [3.8, 4) is 0 Å². The molecule has 2 aliphatic heterocycles. The largest absolute Gasteiger partial charge is 0.300 e. The summed E-state index contributed by atoms with van der Waals surface area (Å²) < 4.78 is 13.6. The average molecular weight is 480 g/mol. The first-order chi connectivity index (χ1) is 16.2. The fraction of sp³-hybridized carbons (Fsp3) is 0.125. The van der Waals surface area contributed by atoms with Gasteiger partial charge >= 0.3 is 0 Å². The Morgan fingerprint density at radius 3 is 2.26 bits per heavy atom. The number of carbonyl (C=O) groups is 3. The van der Waals surface area contributed by atoms with Crippen LogP contribution in [0.3, 0.4) is 0 Å². The van der Waals surface area contributed by atoms with Gasteiger partial charge in [-0.25, -0.2) is 4.39 Å². The summed E-state index contributed by atoms with van der Waals surface area (Å²) >= 11 is 6.25. The maximum absolute atomic E-state index is 13.6. The summed E-state index contributed by atoms with van der Waals surface area (Å²) in [6.07, 6.45) is 0. The van der Waals surface area contributed by atoms with Crippen LogP contribution in [-0.4, -0.2) is 33.6 Å². The number of fused-ring (bicyclic) bond motifs is 1. The zero-order valence-corrected chi connectivity index (χ0v) is 18.3. The number of benzene rings is 3. The number of hydrogen-bond donors (Lipinski definition) is 0. The number of hydrogen-bond acceptors (Lipinski definition) is 5. The Bertz CT molecular complexity index is 1410. The minimum absolute atomic E-state index is 0.137. The molecule has 2 atom stereocenters. The summed E-state index contributed by atoms with van der Waals surface area (Å²) in [5.41, 5.74) is 0.581. The number of halogens is 2. The van der Waals surface area contributed by atoms with Crippen molar-refractivity contribution in [3.05, 3.63) is 104 Å². The quantitative estimate of drug-likeness (QED) is 0.238. The topological polar surface area (TPSA) is 101 Å². The van der Waals surface area contributed by atoms with Crippen molar-refractivity contribution < 1.29 is 23.7 Å². The Labute approximate surface area is 197 Å². The maximum Gasteiger partial charge on any atom is 0.282 e. The number of nitro benzene ring substituents is 1. The zero-order chi connectivity index (χ0) is 24.3. The second-order valence-corrected chi connectivity index (χ2v) is 8.38. The van der Waals surface area contributed by atoms with E-state index in [1.165, 1.54) is 41.3 Å². The van der Waals surface area contributed by atoms with E-state index >= 15 is 0 Å². The third-order valence-corrected chi connectivity index (χ3v) is 6.59. The fourth-order valence-corrected chi connectivity index (χ4v) is 4.70. The van der Waals surface area contributed by atoms with Gasteiger partial charge in [0.25, 0.3) is 23.4 Å². The monoisotopic (exact) mass is 479 g/mol. The predicted octanol–water partition coefficient (Wildman–Crippen LogP) is 4.45. The second kappa shape index (κ2) is 7.74. The Hall–Kier alpha value is -4.11. The highest BCUT2D eigenvalue weighted by molar-refractivity contribution is 6.32. The van der Waals surface area contributed by atoms with E-state index < -0.39 is 46.2 Å². The molecule has 0 N–H and O–H groups in total. The first kappa shape index (κ1) is 21.7. The van der Waals surface area contributed by atoms with Crippen LogP contribution in [0, 0.1) is 22.9 Å². The van der Waals surface area contributed by atoms with Gasteiger partial charge in [0.15, 0.2) is 0 Å². The lowest BCUT2D eigenvalue weighted by atomic mass is 9.85. The molecule has 0 unspecified atom stereocenters. The summed E-state index contributed by atoms with van der Waals surface area (Å²) in [4.78, 5) is 52.8. The van der Waals surface area contributed by atoms with E-state index in [9.17, 15) is 28.9 Å². The number of carbonyl (C=O) groups excluding carboxylic acids is 3. The Balaban J connectivity index is 1.63. The standard InChI is InChI=1S/C24H15ClFN3O5/c1-12-16(25)5-3-6-17(12)27-20(13-8-10-14(26)11-9-13)21(24(27)32)28-22(30)15-4-2-7-18(29(33)34)19(15)23(28)31/h2-11,20-21H,1H3/t20-,21+/m0/s1. The Morgan fingerprint density at radius 1 is 0.912 bits per heavy atom. The number of imide groups is 1. The van der Waals surface area contributed by atoms with E-state index in [0.29, 0.717) is 21.8 Å². The number of nitro groups is 1. The number of amides is 3. The van der Waals surface area contributed by atoms with Gasteiger partial charge in [0.1, 0.15) is 17.4 Å². The SMILES string of the molecule is Cc1c(Cl)cccc1N1C(=O)[C@H](N2C(=O)c3cccc([N+](=O)[O-])c3C2=O)[C@@H]1c1ccc(F)cc1. The lowest BCUT2D eigenvalue weighted by Gasteiger charge is -2.50. The molecular weight excluding hydrogens is 465 g/mol. The van der Waals surface area contributed by atoms with Crippen molar-refractivity contribution in [3.63, 3.8) is 0 Å². The first-order valence-corrected chi connectivity index (χ1v) is 10.6. The smallest absolute Gasteiger partial charge is 0.282 e. The summed E-state index contributed by atoms with van der Waals surface area (Å²) in [5.74, 6) is -2.76. The van der Waals surface area contributed by atoms with Crippen molar-refractivity contribution in [2.24, 2.45) is 0 Å². The van der Waals surface area contributed by atoms with Gasteiger partial charge in [-0.2, -0.15) is 0 Å². The lowest BCUT2D eigenvalue weighted by Crippen LogP contribution is -2.67. The van der Waals surface area contributed by atoms with E-state index in [2.05, 4.69) is 0 Å². The van der Waals surface area contributed by atoms with Crippen molar-refractivity contribution in [2.45, 2.75) is 19.0 Å². The highest BCUT2D eigenvalue weighted by Crippen LogP contribution is 2.46. The van der Waals surface area contributed by atoms with Crippen LogP contribution in [0.1, 0.15) is 37.9 Å². The van der Waals surface area contributed by atoms with Crippen LogP contribution in [0.2, 0.25) is 5.02 Å². The van der Waals surface area contributed by atoms with E-state index in [-0.39, 0.29) is 11.1 Å². The zero-order valence-electron chi connectivity index (χ0n) is 17.6. The van der Waals surface area contributed by atoms with Crippen LogP contribution >= 0.6 is 11.6 Å². The molecule has 0 radical (unpaired) electrons. The molecule has 1 fully saturated rings. The van der Waals surface area contributed by atoms with Crippen molar-refractivity contribution in [2.75, 3.05) is 4.90 Å². The fourth-order valence-electron chi connectivity index (χ4n) is 4.53. The molecule has 10 heteroatoms. The van der Waals surface area contributed by atoms with Crippen LogP contribution in [-0.2, 0) is 4.79 Å². The van der Waals surface area contributed by atoms with E-state index in [1.54, 1.807) is 25.1 Å². The second-order valence-electron chi connectivity index (χ2n) is 7.97. The average Bonchev–Trinajstić information content (AvgIpc) is 3.06. The van der Waals surface area contributed by atoms with Gasteiger partial charge in [-0.05, 0) is 48.4 Å².